The number of hydrogen-bond donors (Lipinski definition) is 1. The third kappa shape index (κ3) is 4.51. The van der Waals surface area contributed by atoms with Crippen molar-refractivity contribution in [2.24, 2.45) is 0 Å². The molecule has 1 atom stereocenters. The first-order valence-electron chi connectivity index (χ1n) is 9.70. The maximum Gasteiger partial charge on any atom is 0.238 e. The average Bonchev–Trinajstić information content (AvgIpc) is 3.49. The summed E-state index contributed by atoms with van der Waals surface area (Å²) >= 11 is 0. The van der Waals surface area contributed by atoms with Gasteiger partial charge in [-0.05, 0) is 50.2 Å². The van der Waals surface area contributed by atoms with E-state index in [1.54, 1.807) is 24.7 Å². The van der Waals surface area contributed by atoms with Crippen molar-refractivity contribution in [3.05, 3.63) is 48.4 Å². The van der Waals surface area contributed by atoms with E-state index in [1.807, 2.05) is 12.1 Å². The molecule has 1 saturated heterocycles. The van der Waals surface area contributed by atoms with Gasteiger partial charge in [-0.25, -0.2) is 0 Å². The van der Waals surface area contributed by atoms with Crippen LogP contribution in [0.15, 0.2) is 50.1 Å². The first-order chi connectivity index (χ1) is 13.8. The van der Waals surface area contributed by atoms with Crippen LogP contribution in [0.4, 0.5) is 0 Å². The van der Waals surface area contributed by atoms with Crippen molar-refractivity contribution in [1.29, 1.82) is 0 Å². The fourth-order valence-electron chi connectivity index (χ4n) is 3.50. The van der Waals surface area contributed by atoms with Gasteiger partial charge in [0.1, 0.15) is 5.76 Å². The highest BCUT2D eigenvalue weighted by Gasteiger charge is 2.25. The monoisotopic (exact) mass is 384 g/mol. The van der Waals surface area contributed by atoms with Crippen molar-refractivity contribution in [2.45, 2.75) is 38.1 Å². The van der Waals surface area contributed by atoms with Gasteiger partial charge in [-0.2, -0.15) is 4.98 Å². The number of carbonyl (C=O) groups is 1. The molecule has 8 heteroatoms. The molecule has 4 rings (SSSR count). The van der Waals surface area contributed by atoms with Gasteiger partial charge in [0, 0.05) is 19.4 Å². The molecule has 1 amide bonds. The minimum atomic E-state index is -0.0497. The first kappa shape index (κ1) is 18.5. The number of nitrogens with one attached hydrogen (secondary N) is 1. The SMILES string of the molecule is O=C(CCc1nc(-c2ccco2)no1)NCC(c1ccco1)N1CCCCC1. The third-order valence-corrected chi connectivity index (χ3v) is 4.97. The number of hydrogen-bond acceptors (Lipinski definition) is 7. The summed E-state index contributed by atoms with van der Waals surface area (Å²) < 4.78 is 16.0. The Hall–Kier alpha value is -2.87. The van der Waals surface area contributed by atoms with Crippen LogP contribution in [0, 0.1) is 0 Å². The summed E-state index contributed by atoms with van der Waals surface area (Å²) in [6.45, 7) is 2.57. The quantitative estimate of drug-likeness (QED) is 0.637. The van der Waals surface area contributed by atoms with Gasteiger partial charge in [-0.3, -0.25) is 9.69 Å². The van der Waals surface area contributed by atoms with Crippen molar-refractivity contribution >= 4 is 5.91 Å². The zero-order valence-electron chi connectivity index (χ0n) is 15.7. The van der Waals surface area contributed by atoms with Crippen LogP contribution in [0.5, 0.6) is 0 Å². The zero-order chi connectivity index (χ0) is 19.2. The highest BCUT2D eigenvalue weighted by molar-refractivity contribution is 5.76. The van der Waals surface area contributed by atoms with Crippen LogP contribution in [0.2, 0.25) is 0 Å². The molecular weight excluding hydrogens is 360 g/mol. The molecule has 4 heterocycles. The molecule has 0 aromatic carbocycles. The molecule has 28 heavy (non-hydrogen) atoms. The molecule has 0 radical (unpaired) electrons. The number of amides is 1. The van der Waals surface area contributed by atoms with E-state index in [0.717, 1.165) is 18.8 Å². The molecule has 3 aromatic heterocycles. The van der Waals surface area contributed by atoms with E-state index in [0.29, 0.717) is 30.4 Å². The highest BCUT2D eigenvalue weighted by atomic mass is 16.5. The Bertz CT molecular complexity index is 851. The Labute approximate surface area is 162 Å². The molecule has 1 aliphatic heterocycles. The van der Waals surface area contributed by atoms with Gasteiger partial charge in [0.05, 0.1) is 18.6 Å². The smallest absolute Gasteiger partial charge is 0.238 e. The largest absolute Gasteiger partial charge is 0.468 e. The molecule has 3 aromatic rings. The van der Waals surface area contributed by atoms with Gasteiger partial charge in [0.15, 0.2) is 5.76 Å². The molecule has 8 nitrogen and oxygen atoms in total. The molecule has 0 saturated carbocycles. The fraction of sp³-hybridized carbons (Fsp3) is 0.450. The molecule has 1 N–H and O–H groups in total. The number of aryl methyl sites for hydroxylation is 1. The molecule has 0 spiro atoms. The lowest BCUT2D eigenvalue weighted by atomic mass is 10.1. The number of rotatable bonds is 8. The topological polar surface area (TPSA) is 97.5 Å². The molecule has 1 aliphatic rings. The van der Waals surface area contributed by atoms with Gasteiger partial charge in [0.25, 0.3) is 0 Å². The van der Waals surface area contributed by atoms with Gasteiger partial charge >= 0.3 is 0 Å². The summed E-state index contributed by atoms with van der Waals surface area (Å²) in [7, 11) is 0. The van der Waals surface area contributed by atoms with Crippen molar-refractivity contribution in [2.75, 3.05) is 19.6 Å². The highest BCUT2D eigenvalue weighted by Crippen LogP contribution is 2.24. The van der Waals surface area contributed by atoms with E-state index in [4.69, 9.17) is 13.4 Å². The standard InChI is InChI=1S/C20H24N4O4/c25-18(8-9-19-22-20(23-28-19)17-7-5-13-27-17)21-14-15(16-6-4-12-26-16)24-10-2-1-3-11-24/h4-7,12-13,15H,1-3,8-11,14H2,(H,21,25). The van der Waals surface area contributed by atoms with E-state index < -0.39 is 0 Å². The van der Waals surface area contributed by atoms with E-state index >= 15 is 0 Å². The molecule has 0 aliphatic carbocycles. The van der Waals surface area contributed by atoms with Gasteiger partial charge in [0.2, 0.25) is 17.6 Å². The van der Waals surface area contributed by atoms with Crippen LogP contribution in [0.25, 0.3) is 11.6 Å². The van der Waals surface area contributed by atoms with Crippen molar-refractivity contribution in [3.8, 4) is 11.6 Å². The van der Waals surface area contributed by atoms with Crippen LogP contribution >= 0.6 is 0 Å². The Morgan fingerprint density at radius 2 is 1.96 bits per heavy atom. The molecule has 1 unspecified atom stereocenters. The van der Waals surface area contributed by atoms with E-state index in [1.165, 1.54) is 19.3 Å². The molecular formula is C20H24N4O4. The molecule has 148 valence electrons. The van der Waals surface area contributed by atoms with Gasteiger partial charge < -0.3 is 18.7 Å². The van der Waals surface area contributed by atoms with Crippen molar-refractivity contribution in [3.63, 3.8) is 0 Å². The maximum atomic E-state index is 12.3. The number of piperidine rings is 1. The van der Waals surface area contributed by atoms with Crippen molar-refractivity contribution < 1.29 is 18.2 Å². The van der Waals surface area contributed by atoms with Gasteiger partial charge in [-0.15, -0.1) is 0 Å². The Morgan fingerprint density at radius 1 is 1.14 bits per heavy atom. The van der Waals surface area contributed by atoms with Crippen LogP contribution in [0.3, 0.4) is 0 Å². The Morgan fingerprint density at radius 3 is 2.71 bits per heavy atom. The maximum absolute atomic E-state index is 12.3. The number of carbonyl (C=O) groups excluding carboxylic acids is 1. The van der Waals surface area contributed by atoms with Crippen molar-refractivity contribution in [1.82, 2.24) is 20.4 Å². The first-order valence-corrected chi connectivity index (χ1v) is 9.70. The summed E-state index contributed by atoms with van der Waals surface area (Å²) in [4.78, 5) is 19.0. The predicted molar refractivity (Wildman–Crippen MR) is 100 cm³/mol. The summed E-state index contributed by atoms with van der Waals surface area (Å²) in [6, 6.07) is 7.45. The van der Waals surface area contributed by atoms with E-state index in [2.05, 4.69) is 20.4 Å². The normalized spacial score (nSPS) is 16.1. The summed E-state index contributed by atoms with van der Waals surface area (Å²) in [5, 5.41) is 6.90. The summed E-state index contributed by atoms with van der Waals surface area (Å²) in [5.41, 5.74) is 0. The minimum absolute atomic E-state index is 0.0497. The number of furan rings is 2. The van der Waals surface area contributed by atoms with E-state index in [9.17, 15) is 4.79 Å². The van der Waals surface area contributed by atoms with Crippen LogP contribution in [0.1, 0.15) is 43.4 Å². The second-order valence-electron chi connectivity index (χ2n) is 6.92. The Kier molecular flexibility index (Phi) is 5.86. The summed E-state index contributed by atoms with van der Waals surface area (Å²) in [6.07, 6.45) is 7.52. The summed E-state index contributed by atoms with van der Waals surface area (Å²) in [5.74, 6) is 2.19. The van der Waals surface area contributed by atoms with Gasteiger partial charge in [-0.1, -0.05) is 11.6 Å². The Balaban J connectivity index is 1.29. The second kappa shape index (κ2) is 8.88. The van der Waals surface area contributed by atoms with E-state index in [-0.39, 0.29) is 18.4 Å². The second-order valence-corrected chi connectivity index (χ2v) is 6.92. The van der Waals surface area contributed by atoms with Crippen LogP contribution < -0.4 is 5.32 Å². The van der Waals surface area contributed by atoms with Crippen LogP contribution in [-0.4, -0.2) is 40.6 Å². The predicted octanol–water partition coefficient (Wildman–Crippen LogP) is 3.20. The molecule has 1 fully saturated rings. The zero-order valence-corrected chi connectivity index (χ0v) is 15.7. The number of nitrogens with zero attached hydrogens (tertiary/aromatic N) is 3. The fourth-order valence-corrected chi connectivity index (χ4v) is 3.50. The molecule has 0 bridgehead atoms. The third-order valence-electron chi connectivity index (χ3n) is 4.97. The number of likely N-dealkylation sites (tertiary alicyclic amines) is 1. The lowest BCUT2D eigenvalue weighted by molar-refractivity contribution is -0.121. The van der Waals surface area contributed by atoms with Crippen LogP contribution in [-0.2, 0) is 11.2 Å². The lowest BCUT2D eigenvalue weighted by Crippen LogP contribution is -2.40. The number of aromatic nitrogens is 2. The average molecular weight is 384 g/mol. The minimum Gasteiger partial charge on any atom is -0.468 e. The lowest BCUT2D eigenvalue weighted by Gasteiger charge is -2.33.